The number of sulfonamides is 1. The molecule has 2 aromatic rings. The van der Waals surface area contributed by atoms with Gasteiger partial charge in [0.2, 0.25) is 5.91 Å². The SMILES string of the molecule is O=C(C[C@@H]1C[C@H]1Cc1ccccc1)NS(=O)(=O)c1ccn[nH]1. The van der Waals surface area contributed by atoms with Gasteiger partial charge < -0.3 is 0 Å². The van der Waals surface area contributed by atoms with Crippen molar-refractivity contribution in [2.24, 2.45) is 11.8 Å². The minimum atomic E-state index is -3.83. The number of aromatic nitrogens is 2. The van der Waals surface area contributed by atoms with E-state index in [9.17, 15) is 13.2 Å². The number of hydrogen-bond acceptors (Lipinski definition) is 4. The Labute approximate surface area is 129 Å². The Kier molecular flexibility index (Phi) is 3.98. The van der Waals surface area contributed by atoms with Gasteiger partial charge in [-0.2, -0.15) is 13.5 Å². The van der Waals surface area contributed by atoms with Crippen LogP contribution in [-0.2, 0) is 21.2 Å². The third-order valence-electron chi connectivity index (χ3n) is 3.87. The van der Waals surface area contributed by atoms with Gasteiger partial charge in [0.15, 0.2) is 5.03 Å². The van der Waals surface area contributed by atoms with Crippen LogP contribution in [0.2, 0.25) is 0 Å². The van der Waals surface area contributed by atoms with Crippen molar-refractivity contribution in [1.29, 1.82) is 0 Å². The van der Waals surface area contributed by atoms with E-state index in [1.165, 1.54) is 17.8 Å². The number of hydrogen-bond donors (Lipinski definition) is 2. The van der Waals surface area contributed by atoms with Crippen molar-refractivity contribution in [2.75, 3.05) is 0 Å². The van der Waals surface area contributed by atoms with Crippen LogP contribution in [0.1, 0.15) is 18.4 Å². The molecule has 2 N–H and O–H groups in total. The Morgan fingerprint density at radius 2 is 2.00 bits per heavy atom. The largest absolute Gasteiger partial charge is 0.280 e. The van der Waals surface area contributed by atoms with Crippen LogP contribution < -0.4 is 4.72 Å². The van der Waals surface area contributed by atoms with E-state index in [2.05, 4.69) is 27.1 Å². The lowest BCUT2D eigenvalue weighted by molar-refractivity contribution is -0.119. The van der Waals surface area contributed by atoms with Gasteiger partial charge in [-0.05, 0) is 36.3 Å². The highest BCUT2D eigenvalue weighted by Gasteiger charge is 2.38. The summed E-state index contributed by atoms with van der Waals surface area (Å²) in [6, 6.07) is 11.4. The maximum atomic E-state index is 11.9. The van der Waals surface area contributed by atoms with Gasteiger partial charge in [-0.25, -0.2) is 4.72 Å². The number of amides is 1. The molecule has 1 heterocycles. The van der Waals surface area contributed by atoms with Crippen LogP contribution in [-0.4, -0.2) is 24.5 Å². The molecule has 1 amide bonds. The predicted molar refractivity (Wildman–Crippen MR) is 80.3 cm³/mol. The zero-order chi connectivity index (χ0) is 15.6. The molecule has 1 fully saturated rings. The quantitative estimate of drug-likeness (QED) is 0.843. The van der Waals surface area contributed by atoms with Crippen LogP contribution in [0, 0.1) is 11.8 Å². The molecule has 1 aliphatic carbocycles. The van der Waals surface area contributed by atoms with Gasteiger partial charge in [-0.3, -0.25) is 9.89 Å². The number of nitrogens with one attached hydrogen (secondary N) is 2. The van der Waals surface area contributed by atoms with Gasteiger partial charge in [0.25, 0.3) is 10.0 Å². The molecule has 0 spiro atoms. The molecule has 1 aliphatic rings. The van der Waals surface area contributed by atoms with Crippen molar-refractivity contribution in [3.05, 3.63) is 48.2 Å². The Morgan fingerprint density at radius 1 is 1.23 bits per heavy atom. The fourth-order valence-electron chi connectivity index (χ4n) is 2.60. The van der Waals surface area contributed by atoms with E-state index in [1.807, 2.05) is 18.2 Å². The number of carbonyl (C=O) groups excluding carboxylic acids is 1. The summed E-state index contributed by atoms with van der Waals surface area (Å²) in [4.78, 5) is 11.9. The molecular formula is C15H17N3O3S. The summed E-state index contributed by atoms with van der Waals surface area (Å²) in [5.74, 6) is 0.260. The third kappa shape index (κ3) is 3.54. The first-order valence-electron chi connectivity index (χ1n) is 7.13. The number of carbonyl (C=O) groups is 1. The second-order valence-corrected chi connectivity index (χ2v) is 7.25. The molecule has 7 heteroatoms. The molecule has 0 radical (unpaired) electrons. The molecule has 1 aromatic carbocycles. The number of aromatic amines is 1. The summed E-state index contributed by atoms with van der Waals surface area (Å²) < 4.78 is 25.8. The first-order chi connectivity index (χ1) is 10.5. The van der Waals surface area contributed by atoms with E-state index in [1.54, 1.807) is 0 Å². The van der Waals surface area contributed by atoms with E-state index in [-0.39, 0.29) is 17.4 Å². The lowest BCUT2D eigenvalue weighted by Crippen LogP contribution is -2.31. The average Bonchev–Trinajstić information content (AvgIpc) is 2.98. The van der Waals surface area contributed by atoms with Gasteiger partial charge in [0.1, 0.15) is 0 Å². The highest BCUT2D eigenvalue weighted by atomic mass is 32.2. The molecule has 6 nitrogen and oxygen atoms in total. The van der Waals surface area contributed by atoms with Crippen LogP contribution in [0.15, 0.2) is 47.6 Å². The summed E-state index contributed by atoms with van der Waals surface area (Å²) in [5.41, 5.74) is 1.25. The molecule has 1 saturated carbocycles. The highest BCUT2D eigenvalue weighted by Crippen LogP contribution is 2.43. The van der Waals surface area contributed by atoms with Crippen LogP contribution in [0.3, 0.4) is 0 Å². The molecule has 2 atom stereocenters. The van der Waals surface area contributed by atoms with E-state index in [0.717, 1.165) is 12.8 Å². The summed E-state index contributed by atoms with van der Waals surface area (Å²) in [6.07, 6.45) is 3.47. The van der Waals surface area contributed by atoms with E-state index in [0.29, 0.717) is 5.92 Å². The van der Waals surface area contributed by atoms with Crippen molar-refractivity contribution < 1.29 is 13.2 Å². The van der Waals surface area contributed by atoms with Gasteiger partial charge in [0.05, 0.1) is 6.20 Å². The Bertz CT molecular complexity index is 742. The third-order valence-corrected chi connectivity index (χ3v) is 5.17. The van der Waals surface area contributed by atoms with Gasteiger partial charge in [-0.1, -0.05) is 30.3 Å². The maximum absolute atomic E-state index is 11.9. The second-order valence-electron chi connectivity index (χ2n) is 5.60. The van der Waals surface area contributed by atoms with Crippen molar-refractivity contribution in [3.8, 4) is 0 Å². The van der Waals surface area contributed by atoms with E-state index >= 15 is 0 Å². The Hall–Kier alpha value is -2.15. The molecular weight excluding hydrogens is 302 g/mol. The first-order valence-corrected chi connectivity index (χ1v) is 8.62. The van der Waals surface area contributed by atoms with Crippen LogP contribution in [0.25, 0.3) is 0 Å². The smallest absolute Gasteiger partial charge is 0.274 e. The average molecular weight is 319 g/mol. The molecule has 1 aromatic heterocycles. The molecule has 0 aliphatic heterocycles. The fourth-order valence-corrected chi connectivity index (χ4v) is 3.51. The molecule has 3 rings (SSSR count). The van der Waals surface area contributed by atoms with Crippen LogP contribution >= 0.6 is 0 Å². The fraction of sp³-hybridized carbons (Fsp3) is 0.333. The van der Waals surface area contributed by atoms with Gasteiger partial charge >= 0.3 is 0 Å². The topological polar surface area (TPSA) is 91.9 Å². The van der Waals surface area contributed by atoms with Gasteiger partial charge in [0, 0.05) is 6.42 Å². The number of benzene rings is 1. The number of H-pyrrole nitrogens is 1. The lowest BCUT2D eigenvalue weighted by atomic mass is 10.1. The van der Waals surface area contributed by atoms with Crippen molar-refractivity contribution >= 4 is 15.9 Å². The predicted octanol–water partition coefficient (Wildman–Crippen LogP) is 1.48. The summed E-state index contributed by atoms with van der Waals surface area (Å²) in [6.45, 7) is 0. The first kappa shape index (κ1) is 14.8. The van der Waals surface area contributed by atoms with E-state index < -0.39 is 15.9 Å². The maximum Gasteiger partial charge on any atom is 0.280 e. The molecule has 116 valence electrons. The zero-order valence-electron chi connectivity index (χ0n) is 11.9. The Morgan fingerprint density at radius 3 is 2.68 bits per heavy atom. The minimum Gasteiger partial charge on any atom is -0.274 e. The minimum absolute atomic E-state index is 0.0996. The normalized spacial score (nSPS) is 20.5. The zero-order valence-corrected chi connectivity index (χ0v) is 12.7. The molecule has 0 bridgehead atoms. The van der Waals surface area contributed by atoms with Crippen molar-refractivity contribution in [3.63, 3.8) is 0 Å². The van der Waals surface area contributed by atoms with E-state index in [4.69, 9.17) is 0 Å². The standard InChI is InChI=1S/C15H17N3O3S/c19-14(18-22(20,21)15-6-7-16-17-15)10-13-9-12(13)8-11-4-2-1-3-5-11/h1-7,12-13H,8-10H2,(H,16,17)(H,18,19)/t12-,13+/m1/s1. The molecule has 0 unspecified atom stereocenters. The van der Waals surface area contributed by atoms with Crippen molar-refractivity contribution in [1.82, 2.24) is 14.9 Å². The highest BCUT2D eigenvalue weighted by molar-refractivity contribution is 7.90. The number of rotatable bonds is 6. The Balaban J connectivity index is 1.50. The van der Waals surface area contributed by atoms with Crippen LogP contribution in [0.4, 0.5) is 0 Å². The molecule has 22 heavy (non-hydrogen) atoms. The lowest BCUT2D eigenvalue weighted by Gasteiger charge is -2.05. The number of nitrogens with zero attached hydrogens (tertiary/aromatic N) is 1. The van der Waals surface area contributed by atoms with Crippen LogP contribution in [0.5, 0.6) is 0 Å². The van der Waals surface area contributed by atoms with Gasteiger partial charge in [-0.15, -0.1) is 0 Å². The summed E-state index contributed by atoms with van der Waals surface area (Å²) in [5, 5.41) is 5.81. The molecule has 0 saturated heterocycles. The van der Waals surface area contributed by atoms with Crippen molar-refractivity contribution in [2.45, 2.75) is 24.3 Å². The monoisotopic (exact) mass is 319 g/mol. The summed E-state index contributed by atoms with van der Waals surface area (Å²) in [7, 11) is -3.83. The second kappa shape index (κ2) is 5.92. The summed E-state index contributed by atoms with van der Waals surface area (Å²) >= 11 is 0.